The van der Waals surface area contributed by atoms with Crippen LogP contribution in [0.15, 0.2) is 18.3 Å². The molecular weight excluding hydrogens is 214 g/mol. The van der Waals surface area contributed by atoms with Crippen molar-refractivity contribution in [3.8, 4) is 5.88 Å². The maximum absolute atomic E-state index is 5.89. The number of aromatic nitrogens is 1. The molecule has 1 aliphatic rings. The summed E-state index contributed by atoms with van der Waals surface area (Å²) in [6.07, 6.45) is 5.78. The van der Waals surface area contributed by atoms with Crippen molar-refractivity contribution in [2.45, 2.75) is 31.3 Å². The second-order valence-corrected chi connectivity index (χ2v) is 4.64. The van der Waals surface area contributed by atoms with E-state index in [9.17, 15) is 0 Å². The van der Waals surface area contributed by atoms with Crippen LogP contribution in [0.1, 0.15) is 30.9 Å². The molecule has 0 spiro atoms. The Morgan fingerprint density at radius 3 is 2.71 bits per heavy atom. The van der Waals surface area contributed by atoms with Crippen LogP contribution >= 0.6 is 0 Å². The summed E-state index contributed by atoms with van der Waals surface area (Å²) in [7, 11) is 3.79. The van der Waals surface area contributed by atoms with Crippen molar-refractivity contribution >= 4 is 0 Å². The Hall–Kier alpha value is -1.13. The Labute approximate surface area is 103 Å². The molecule has 1 fully saturated rings. The van der Waals surface area contributed by atoms with Gasteiger partial charge < -0.3 is 10.5 Å². The molecular formula is C13H21N3O. The minimum atomic E-state index is 0.263. The van der Waals surface area contributed by atoms with Crippen LogP contribution in [0.25, 0.3) is 0 Å². The summed E-state index contributed by atoms with van der Waals surface area (Å²) >= 11 is 0. The lowest BCUT2D eigenvalue weighted by Gasteiger charge is -2.39. The van der Waals surface area contributed by atoms with Crippen molar-refractivity contribution in [3.63, 3.8) is 0 Å². The highest BCUT2D eigenvalue weighted by atomic mass is 16.5. The van der Waals surface area contributed by atoms with Gasteiger partial charge in [-0.15, -0.1) is 0 Å². The number of likely N-dealkylation sites (N-methyl/N-ethyl adjacent to an activating group) is 1. The van der Waals surface area contributed by atoms with Crippen molar-refractivity contribution in [2.24, 2.45) is 5.73 Å². The summed E-state index contributed by atoms with van der Waals surface area (Å²) in [5, 5.41) is 0. The predicted octanol–water partition coefficient (Wildman–Crippen LogP) is 1.57. The van der Waals surface area contributed by atoms with Gasteiger partial charge in [-0.25, -0.2) is 4.98 Å². The molecule has 0 amide bonds. The lowest BCUT2D eigenvalue weighted by molar-refractivity contribution is 0.113. The maximum Gasteiger partial charge on any atom is 0.212 e. The lowest BCUT2D eigenvalue weighted by atomic mass is 9.90. The van der Waals surface area contributed by atoms with Crippen LogP contribution in [0.3, 0.4) is 0 Å². The van der Waals surface area contributed by atoms with Gasteiger partial charge in [0, 0.05) is 30.9 Å². The fourth-order valence-corrected chi connectivity index (χ4v) is 2.30. The number of rotatable bonds is 5. The number of pyridine rings is 1. The smallest absolute Gasteiger partial charge is 0.212 e. The van der Waals surface area contributed by atoms with Crippen molar-refractivity contribution in [2.75, 3.05) is 20.7 Å². The fraction of sp³-hybridized carbons (Fsp3) is 0.615. The average Bonchev–Trinajstić information content (AvgIpc) is 2.28. The van der Waals surface area contributed by atoms with Crippen LogP contribution in [-0.4, -0.2) is 36.6 Å². The van der Waals surface area contributed by atoms with Gasteiger partial charge in [0.15, 0.2) is 0 Å². The topological polar surface area (TPSA) is 51.4 Å². The van der Waals surface area contributed by atoms with Crippen LogP contribution in [-0.2, 0) is 0 Å². The van der Waals surface area contributed by atoms with Gasteiger partial charge in [0.2, 0.25) is 5.88 Å². The molecule has 1 aliphatic carbocycles. The fourth-order valence-electron chi connectivity index (χ4n) is 2.30. The van der Waals surface area contributed by atoms with Crippen molar-refractivity contribution in [1.29, 1.82) is 0 Å². The third kappa shape index (κ3) is 2.58. The van der Waals surface area contributed by atoms with E-state index >= 15 is 0 Å². The number of hydrogen-bond donors (Lipinski definition) is 1. The highest BCUT2D eigenvalue weighted by Gasteiger charge is 2.27. The number of nitrogens with two attached hydrogens (primary N) is 1. The van der Waals surface area contributed by atoms with Crippen LogP contribution in [0, 0.1) is 0 Å². The Morgan fingerprint density at radius 2 is 2.29 bits per heavy atom. The van der Waals surface area contributed by atoms with Crippen LogP contribution in [0.2, 0.25) is 0 Å². The zero-order chi connectivity index (χ0) is 12.3. The van der Waals surface area contributed by atoms with E-state index < -0.39 is 0 Å². The Kier molecular flexibility index (Phi) is 3.97. The molecule has 1 heterocycles. The first kappa shape index (κ1) is 12.3. The van der Waals surface area contributed by atoms with Gasteiger partial charge in [-0.2, -0.15) is 0 Å². The molecule has 0 aliphatic heterocycles. The predicted molar refractivity (Wildman–Crippen MR) is 68.0 cm³/mol. The molecule has 94 valence electrons. The van der Waals surface area contributed by atoms with E-state index in [2.05, 4.69) is 23.0 Å². The summed E-state index contributed by atoms with van der Waals surface area (Å²) in [5.41, 5.74) is 7.06. The van der Waals surface area contributed by atoms with Crippen molar-refractivity contribution in [3.05, 3.63) is 23.9 Å². The molecule has 1 unspecified atom stereocenters. The summed E-state index contributed by atoms with van der Waals surface area (Å²) in [5.74, 6) is 0.649. The molecule has 2 rings (SSSR count). The maximum atomic E-state index is 5.89. The number of methoxy groups -OCH3 is 1. The van der Waals surface area contributed by atoms with Gasteiger partial charge in [0.25, 0.3) is 0 Å². The van der Waals surface area contributed by atoms with Crippen LogP contribution in [0.4, 0.5) is 0 Å². The summed E-state index contributed by atoms with van der Waals surface area (Å²) < 4.78 is 5.07. The summed E-state index contributed by atoms with van der Waals surface area (Å²) in [4.78, 5) is 6.63. The van der Waals surface area contributed by atoms with Gasteiger partial charge in [-0.1, -0.05) is 12.5 Å². The second kappa shape index (κ2) is 5.47. The van der Waals surface area contributed by atoms with E-state index in [4.69, 9.17) is 10.5 Å². The SMILES string of the molecule is COc1ccc(C(CN)N(C)C2CCC2)cn1. The molecule has 2 N–H and O–H groups in total. The quantitative estimate of drug-likeness (QED) is 0.841. The summed E-state index contributed by atoms with van der Waals surface area (Å²) in [6, 6.07) is 4.90. The van der Waals surface area contributed by atoms with Gasteiger partial charge in [0.05, 0.1) is 7.11 Å². The number of ether oxygens (including phenoxy) is 1. The van der Waals surface area contributed by atoms with Gasteiger partial charge in [0.1, 0.15) is 0 Å². The van der Waals surface area contributed by atoms with Crippen LogP contribution in [0.5, 0.6) is 5.88 Å². The van der Waals surface area contributed by atoms with Crippen molar-refractivity contribution < 1.29 is 4.74 Å². The highest BCUT2D eigenvalue weighted by Crippen LogP contribution is 2.30. The summed E-state index contributed by atoms with van der Waals surface area (Å²) in [6.45, 7) is 0.626. The second-order valence-electron chi connectivity index (χ2n) is 4.64. The Balaban J connectivity index is 2.10. The Morgan fingerprint density at radius 1 is 1.53 bits per heavy atom. The van der Waals surface area contributed by atoms with Gasteiger partial charge >= 0.3 is 0 Å². The number of hydrogen-bond acceptors (Lipinski definition) is 4. The molecule has 1 saturated carbocycles. The van der Waals surface area contributed by atoms with E-state index in [0.717, 1.165) is 0 Å². The van der Waals surface area contributed by atoms with Gasteiger partial charge in [-0.05, 0) is 25.5 Å². The molecule has 0 radical (unpaired) electrons. The normalized spacial score (nSPS) is 17.9. The molecule has 0 bridgehead atoms. The molecule has 1 aromatic rings. The molecule has 17 heavy (non-hydrogen) atoms. The first-order chi connectivity index (χ1) is 8.26. The Bertz CT molecular complexity index is 348. The largest absolute Gasteiger partial charge is 0.481 e. The van der Waals surface area contributed by atoms with E-state index in [0.29, 0.717) is 18.5 Å². The van der Waals surface area contributed by atoms with Gasteiger partial charge in [-0.3, -0.25) is 4.90 Å². The molecule has 1 aromatic heterocycles. The molecule has 1 atom stereocenters. The minimum Gasteiger partial charge on any atom is -0.481 e. The minimum absolute atomic E-state index is 0.263. The standard InChI is InChI=1S/C13H21N3O/c1-16(11-4-3-5-11)12(8-14)10-6-7-13(17-2)15-9-10/h6-7,9,11-12H,3-5,8,14H2,1-2H3. The third-order valence-corrected chi connectivity index (χ3v) is 3.72. The third-order valence-electron chi connectivity index (χ3n) is 3.72. The van der Waals surface area contributed by atoms with E-state index in [-0.39, 0.29) is 6.04 Å². The number of nitrogens with zero attached hydrogens (tertiary/aromatic N) is 2. The zero-order valence-electron chi connectivity index (χ0n) is 10.6. The monoisotopic (exact) mass is 235 g/mol. The lowest BCUT2D eigenvalue weighted by Crippen LogP contribution is -2.42. The highest BCUT2D eigenvalue weighted by molar-refractivity contribution is 5.21. The van der Waals surface area contributed by atoms with E-state index in [1.54, 1.807) is 7.11 Å². The molecule has 0 saturated heterocycles. The molecule has 4 nitrogen and oxygen atoms in total. The first-order valence-corrected chi connectivity index (χ1v) is 6.18. The van der Waals surface area contributed by atoms with E-state index in [1.807, 2.05) is 12.3 Å². The first-order valence-electron chi connectivity index (χ1n) is 6.18. The zero-order valence-corrected chi connectivity index (χ0v) is 10.6. The van der Waals surface area contributed by atoms with E-state index in [1.165, 1.54) is 24.8 Å². The average molecular weight is 235 g/mol. The van der Waals surface area contributed by atoms with Crippen LogP contribution < -0.4 is 10.5 Å². The molecule has 0 aromatic carbocycles. The van der Waals surface area contributed by atoms with Crippen molar-refractivity contribution in [1.82, 2.24) is 9.88 Å². The molecule has 4 heteroatoms.